The summed E-state index contributed by atoms with van der Waals surface area (Å²) in [4.78, 5) is 18.3. The second kappa shape index (κ2) is 8.10. The van der Waals surface area contributed by atoms with E-state index in [-0.39, 0.29) is 11.7 Å². The van der Waals surface area contributed by atoms with Gasteiger partial charge in [-0.1, -0.05) is 12.1 Å². The van der Waals surface area contributed by atoms with Crippen LogP contribution >= 0.6 is 0 Å². The summed E-state index contributed by atoms with van der Waals surface area (Å²) >= 11 is 0. The molecule has 1 amide bonds. The van der Waals surface area contributed by atoms with Crippen molar-refractivity contribution < 1.29 is 13.9 Å². The van der Waals surface area contributed by atoms with Crippen molar-refractivity contribution >= 4 is 17.2 Å². The maximum atomic E-state index is 13.3. The molecule has 1 aliphatic heterocycles. The van der Waals surface area contributed by atoms with Crippen molar-refractivity contribution in [3.63, 3.8) is 0 Å². The number of carbonyl (C=O) groups is 1. The number of hydrogen-bond acceptors (Lipinski definition) is 4. The van der Waals surface area contributed by atoms with E-state index in [1.807, 2.05) is 36.1 Å². The third-order valence-electron chi connectivity index (χ3n) is 4.37. The SMILES string of the molecule is COc1ccc(C)cc1NC(=O)CN1CC=C(c2cncc(F)c2)CC1. The molecule has 1 aromatic carbocycles. The zero-order chi connectivity index (χ0) is 18.5. The van der Waals surface area contributed by atoms with E-state index >= 15 is 0 Å². The van der Waals surface area contributed by atoms with Crippen molar-refractivity contribution in [3.05, 3.63) is 59.7 Å². The number of carbonyl (C=O) groups excluding carboxylic acids is 1. The Kier molecular flexibility index (Phi) is 5.63. The minimum absolute atomic E-state index is 0.0850. The fourth-order valence-corrected chi connectivity index (χ4v) is 3.02. The number of nitrogens with zero attached hydrogens (tertiary/aromatic N) is 2. The Labute approximate surface area is 152 Å². The van der Waals surface area contributed by atoms with Gasteiger partial charge in [-0.05, 0) is 48.2 Å². The smallest absolute Gasteiger partial charge is 0.238 e. The largest absolute Gasteiger partial charge is 0.495 e. The lowest BCUT2D eigenvalue weighted by molar-refractivity contribution is -0.117. The fourth-order valence-electron chi connectivity index (χ4n) is 3.02. The van der Waals surface area contributed by atoms with Gasteiger partial charge in [0.2, 0.25) is 5.91 Å². The summed E-state index contributed by atoms with van der Waals surface area (Å²) in [7, 11) is 1.58. The van der Waals surface area contributed by atoms with Gasteiger partial charge in [0.05, 0.1) is 25.5 Å². The topological polar surface area (TPSA) is 54.5 Å². The van der Waals surface area contributed by atoms with Gasteiger partial charge in [-0.25, -0.2) is 4.39 Å². The average Bonchev–Trinajstić information content (AvgIpc) is 2.62. The Morgan fingerprint density at radius 2 is 2.19 bits per heavy atom. The maximum Gasteiger partial charge on any atom is 0.238 e. The molecule has 3 rings (SSSR count). The summed E-state index contributed by atoms with van der Waals surface area (Å²) in [6, 6.07) is 7.16. The number of halogens is 1. The molecule has 0 saturated carbocycles. The van der Waals surface area contributed by atoms with Crippen molar-refractivity contribution in [1.29, 1.82) is 0 Å². The molecule has 1 N–H and O–H groups in total. The lowest BCUT2D eigenvalue weighted by Crippen LogP contribution is -2.36. The Morgan fingerprint density at radius 3 is 2.88 bits per heavy atom. The van der Waals surface area contributed by atoms with Crippen LogP contribution in [0.5, 0.6) is 5.75 Å². The number of amides is 1. The van der Waals surface area contributed by atoms with Gasteiger partial charge in [0.15, 0.2) is 0 Å². The van der Waals surface area contributed by atoms with Gasteiger partial charge in [0, 0.05) is 19.3 Å². The molecule has 0 aliphatic carbocycles. The predicted molar refractivity (Wildman–Crippen MR) is 99.6 cm³/mol. The van der Waals surface area contributed by atoms with Crippen LogP contribution in [0.4, 0.5) is 10.1 Å². The molecule has 26 heavy (non-hydrogen) atoms. The van der Waals surface area contributed by atoms with Crippen molar-refractivity contribution in [2.24, 2.45) is 0 Å². The van der Waals surface area contributed by atoms with Crippen LogP contribution < -0.4 is 10.1 Å². The van der Waals surface area contributed by atoms with E-state index in [1.54, 1.807) is 13.3 Å². The molecule has 0 bridgehead atoms. The minimum Gasteiger partial charge on any atom is -0.495 e. The number of methoxy groups -OCH3 is 1. The average molecular weight is 355 g/mol. The maximum absolute atomic E-state index is 13.3. The summed E-state index contributed by atoms with van der Waals surface area (Å²) in [6.07, 6.45) is 5.65. The second-order valence-electron chi connectivity index (χ2n) is 6.36. The molecule has 0 saturated heterocycles. The lowest BCUT2D eigenvalue weighted by atomic mass is 10.0. The first kappa shape index (κ1) is 18.1. The van der Waals surface area contributed by atoms with E-state index in [0.29, 0.717) is 24.5 Å². The number of hydrogen-bond donors (Lipinski definition) is 1. The number of pyridine rings is 1. The molecule has 2 heterocycles. The third-order valence-corrected chi connectivity index (χ3v) is 4.37. The van der Waals surface area contributed by atoms with Gasteiger partial charge in [-0.2, -0.15) is 0 Å². The highest BCUT2D eigenvalue weighted by atomic mass is 19.1. The van der Waals surface area contributed by atoms with Crippen molar-refractivity contribution in [2.45, 2.75) is 13.3 Å². The zero-order valence-electron chi connectivity index (χ0n) is 15.0. The predicted octanol–water partition coefficient (Wildman–Crippen LogP) is 3.27. The van der Waals surface area contributed by atoms with Crippen LogP contribution in [0.15, 0.2) is 42.7 Å². The fraction of sp³-hybridized carbons (Fsp3) is 0.300. The van der Waals surface area contributed by atoms with Gasteiger partial charge >= 0.3 is 0 Å². The molecule has 0 unspecified atom stereocenters. The second-order valence-corrected chi connectivity index (χ2v) is 6.36. The van der Waals surface area contributed by atoms with Crippen LogP contribution in [-0.4, -0.2) is 42.5 Å². The number of nitrogens with one attached hydrogen (secondary N) is 1. The van der Waals surface area contributed by atoms with E-state index in [2.05, 4.69) is 10.3 Å². The van der Waals surface area contributed by atoms with Gasteiger partial charge in [0.1, 0.15) is 11.6 Å². The van der Waals surface area contributed by atoms with Crippen LogP contribution in [0.2, 0.25) is 0 Å². The van der Waals surface area contributed by atoms with Gasteiger partial charge in [-0.15, -0.1) is 0 Å². The van der Waals surface area contributed by atoms with Crippen LogP contribution in [0.1, 0.15) is 17.5 Å². The first-order valence-electron chi connectivity index (χ1n) is 8.52. The number of anilines is 1. The van der Waals surface area contributed by atoms with Gasteiger partial charge in [0.25, 0.3) is 0 Å². The van der Waals surface area contributed by atoms with Crippen LogP contribution in [0.3, 0.4) is 0 Å². The standard InChI is InChI=1S/C20H22FN3O2/c1-14-3-4-19(26-2)18(9-14)23-20(25)13-24-7-5-15(6-8-24)16-10-17(21)12-22-11-16/h3-5,9-12H,6-8,13H2,1-2H3,(H,23,25). The van der Waals surface area contributed by atoms with Crippen molar-refractivity contribution in [1.82, 2.24) is 9.88 Å². The van der Waals surface area contributed by atoms with E-state index < -0.39 is 0 Å². The molecule has 1 aromatic heterocycles. The highest BCUT2D eigenvalue weighted by Crippen LogP contribution is 2.25. The zero-order valence-corrected chi connectivity index (χ0v) is 15.0. The van der Waals surface area contributed by atoms with Gasteiger partial charge in [-0.3, -0.25) is 14.7 Å². The van der Waals surface area contributed by atoms with Crippen LogP contribution in [0.25, 0.3) is 5.57 Å². The number of aryl methyl sites for hydroxylation is 1. The highest BCUT2D eigenvalue weighted by molar-refractivity contribution is 5.93. The van der Waals surface area contributed by atoms with E-state index in [0.717, 1.165) is 29.7 Å². The normalized spacial score (nSPS) is 14.7. The summed E-state index contributed by atoms with van der Waals surface area (Å²) in [5, 5.41) is 2.91. The molecular weight excluding hydrogens is 333 g/mol. The van der Waals surface area contributed by atoms with E-state index in [1.165, 1.54) is 12.3 Å². The Hall–Kier alpha value is -2.73. The number of benzene rings is 1. The summed E-state index contributed by atoms with van der Waals surface area (Å²) in [6.45, 7) is 3.64. The number of rotatable bonds is 5. The van der Waals surface area contributed by atoms with E-state index in [9.17, 15) is 9.18 Å². The summed E-state index contributed by atoms with van der Waals surface area (Å²) < 4.78 is 18.6. The molecule has 0 radical (unpaired) electrons. The highest BCUT2D eigenvalue weighted by Gasteiger charge is 2.17. The van der Waals surface area contributed by atoms with E-state index in [4.69, 9.17) is 4.74 Å². The Bertz CT molecular complexity index is 836. The van der Waals surface area contributed by atoms with Crippen molar-refractivity contribution in [3.8, 4) is 5.75 Å². The lowest BCUT2D eigenvalue weighted by Gasteiger charge is -2.26. The molecule has 1 aliphatic rings. The molecule has 0 atom stereocenters. The molecule has 0 fully saturated rings. The van der Waals surface area contributed by atoms with Crippen LogP contribution in [-0.2, 0) is 4.79 Å². The van der Waals surface area contributed by atoms with Crippen molar-refractivity contribution in [2.75, 3.05) is 32.1 Å². The third kappa shape index (κ3) is 4.46. The quantitative estimate of drug-likeness (QED) is 0.894. The molecule has 6 heteroatoms. The van der Waals surface area contributed by atoms with Gasteiger partial charge < -0.3 is 10.1 Å². The monoisotopic (exact) mass is 355 g/mol. The first-order valence-corrected chi connectivity index (χ1v) is 8.52. The van der Waals surface area contributed by atoms with Crippen LogP contribution in [0, 0.1) is 12.7 Å². The molecule has 5 nitrogen and oxygen atoms in total. The Morgan fingerprint density at radius 1 is 1.35 bits per heavy atom. The summed E-state index contributed by atoms with van der Waals surface area (Å²) in [5.41, 5.74) is 3.60. The number of ether oxygens (including phenoxy) is 1. The minimum atomic E-state index is -0.336. The molecule has 136 valence electrons. The first-order chi connectivity index (χ1) is 12.5. The molecule has 2 aromatic rings. The molecular formula is C20H22FN3O2. The summed E-state index contributed by atoms with van der Waals surface area (Å²) in [5.74, 6) is 0.221. The number of aromatic nitrogens is 1. The Balaban J connectivity index is 1.59. The molecule has 0 spiro atoms.